The first kappa shape index (κ1) is 82.8. The standard InChI is InChI=1S/C74H147N2O7P/c1-7-10-13-16-19-22-25-28-30-32-34-36-37-38-39-41-43-45-47-49-52-55-58-61-64-67-74(78)83-72(65-62-59-56-53-50-27-24-21-18-15-12-9-3)71(70-82-84(79,80)81-69-68-76(4,5)6)75-73(77)66-63-60-57-54-51-48-46-44-42-40-35-33-31-29-26-23-20-17-14-11-8-2/h62,65,71-72H,7-61,63-64,66-70H2,1-6H3,(H-,75,77,79,80)/b65-62+. The number of phosphoric acid groups is 1. The Bertz CT molecular complexity index is 1440. The molecule has 0 aliphatic heterocycles. The van der Waals surface area contributed by atoms with Crippen molar-refractivity contribution in [3.63, 3.8) is 0 Å². The van der Waals surface area contributed by atoms with Crippen LogP contribution in [0.4, 0.5) is 0 Å². The summed E-state index contributed by atoms with van der Waals surface area (Å²) in [5.74, 6) is -0.511. The Balaban J connectivity index is 4.95. The molecule has 0 saturated heterocycles. The predicted octanol–water partition coefficient (Wildman–Crippen LogP) is 23.2. The van der Waals surface area contributed by atoms with Gasteiger partial charge in [0, 0.05) is 12.8 Å². The van der Waals surface area contributed by atoms with Crippen LogP contribution in [-0.2, 0) is 27.9 Å². The zero-order valence-corrected chi connectivity index (χ0v) is 58.3. The monoisotopic (exact) mass is 1210 g/mol. The molecule has 0 radical (unpaired) electrons. The van der Waals surface area contributed by atoms with E-state index in [9.17, 15) is 19.0 Å². The molecule has 0 rings (SSSR count). The Morgan fingerprint density at radius 2 is 0.679 bits per heavy atom. The number of nitrogens with one attached hydrogen (secondary N) is 1. The molecule has 84 heavy (non-hydrogen) atoms. The van der Waals surface area contributed by atoms with Crippen molar-refractivity contribution in [3.05, 3.63) is 12.2 Å². The Morgan fingerprint density at radius 3 is 0.976 bits per heavy atom. The summed E-state index contributed by atoms with van der Waals surface area (Å²) in [6.45, 7) is 6.93. The summed E-state index contributed by atoms with van der Waals surface area (Å²) >= 11 is 0. The van der Waals surface area contributed by atoms with Crippen LogP contribution >= 0.6 is 7.82 Å². The first-order valence-corrected chi connectivity index (χ1v) is 39.0. The van der Waals surface area contributed by atoms with Crippen LogP contribution in [0.25, 0.3) is 0 Å². The molecule has 3 atom stereocenters. The third kappa shape index (κ3) is 65.2. The first-order chi connectivity index (χ1) is 40.9. The van der Waals surface area contributed by atoms with Gasteiger partial charge in [0.1, 0.15) is 19.3 Å². The third-order valence-electron chi connectivity index (χ3n) is 17.5. The summed E-state index contributed by atoms with van der Waals surface area (Å²) < 4.78 is 30.5. The smallest absolute Gasteiger partial charge is 0.306 e. The normalized spacial score (nSPS) is 13.5. The van der Waals surface area contributed by atoms with Crippen molar-refractivity contribution < 1.29 is 37.3 Å². The van der Waals surface area contributed by atoms with Gasteiger partial charge in [0.25, 0.3) is 7.82 Å². The minimum Gasteiger partial charge on any atom is -0.756 e. The lowest BCUT2D eigenvalue weighted by Gasteiger charge is -2.30. The molecule has 0 spiro atoms. The third-order valence-corrected chi connectivity index (χ3v) is 18.4. The number of carbonyl (C=O) groups is 2. The highest BCUT2D eigenvalue weighted by Gasteiger charge is 2.27. The molecular weight excluding hydrogens is 1060 g/mol. The van der Waals surface area contributed by atoms with Crippen molar-refractivity contribution in [2.75, 3.05) is 40.9 Å². The fraction of sp³-hybridized carbons (Fsp3) is 0.946. The number of esters is 1. The summed E-state index contributed by atoms with van der Waals surface area (Å²) in [5, 5.41) is 3.06. The van der Waals surface area contributed by atoms with Crippen molar-refractivity contribution in [2.45, 2.75) is 412 Å². The summed E-state index contributed by atoms with van der Waals surface area (Å²) in [7, 11) is 1.21. The van der Waals surface area contributed by atoms with E-state index in [2.05, 4.69) is 26.1 Å². The zero-order valence-electron chi connectivity index (χ0n) is 57.4. The summed E-state index contributed by atoms with van der Waals surface area (Å²) in [6.07, 6.45) is 77.8. The first-order valence-electron chi connectivity index (χ1n) is 37.5. The number of rotatable bonds is 70. The molecule has 0 aromatic carbocycles. The van der Waals surface area contributed by atoms with Gasteiger partial charge in [-0.3, -0.25) is 14.2 Å². The van der Waals surface area contributed by atoms with Crippen molar-refractivity contribution in [1.29, 1.82) is 0 Å². The molecule has 0 aromatic rings. The fourth-order valence-electron chi connectivity index (χ4n) is 11.7. The highest BCUT2D eigenvalue weighted by atomic mass is 31.2. The number of phosphoric ester groups is 1. The number of unbranched alkanes of at least 4 members (excludes halogenated alkanes) is 54. The van der Waals surface area contributed by atoms with Crippen LogP contribution in [0.15, 0.2) is 12.2 Å². The van der Waals surface area contributed by atoms with Gasteiger partial charge in [-0.05, 0) is 31.8 Å². The molecule has 500 valence electrons. The highest BCUT2D eigenvalue weighted by molar-refractivity contribution is 7.45. The minimum atomic E-state index is -4.70. The highest BCUT2D eigenvalue weighted by Crippen LogP contribution is 2.38. The number of likely N-dealkylation sites (N-methyl/N-ethyl adjacent to an activating group) is 1. The van der Waals surface area contributed by atoms with Gasteiger partial charge in [-0.25, -0.2) is 0 Å². The second kappa shape index (κ2) is 64.7. The van der Waals surface area contributed by atoms with Crippen molar-refractivity contribution in [3.8, 4) is 0 Å². The van der Waals surface area contributed by atoms with Gasteiger partial charge in [0.2, 0.25) is 5.91 Å². The van der Waals surface area contributed by atoms with E-state index >= 15 is 0 Å². The number of ether oxygens (including phenoxy) is 1. The lowest BCUT2D eigenvalue weighted by Crippen LogP contribution is -2.47. The van der Waals surface area contributed by atoms with Crippen LogP contribution in [0.5, 0.6) is 0 Å². The molecule has 0 fully saturated rings. The van der Waals surface area contributed by atoms with E-state index in [1.54, 1.807) is 0 Å². The van der Waals surface area contributed by atoms with E-state index in [4.69, 9.17) is 13.8 Å². The lowest BCUT2D eigenvalue weighted by atomic mass is 10.0. The van der Waals surface area contributed by atoms with Crippen LogP contribution in [0, 0.1) is 0 Å². The van der Waals surface area contributed by atoms with E-state index in [-0.39, 0.29) is 31.5 Å². The maximum atomic E-state index is 13.6. The van der Waals surface area contributed by atoms with Gasteiger partial charge in [0.05, 0.1) is 33.8 Å². The molecule has 0 aromatic heterocycles. The van der Waals surface area contributed by atoms with E-state index in [0.29, 0.717) is 17.4 Å². The van der Waals surface area contributed by atoms with Gasteiger partial charge >= 0.3 is 5.97 Å². The second-order valence-electron chi connectivity index (χ2n) is 27.2. The summed E-state index contributed by atoms with van der Waals surface area (Å²) in [6, 6.07) is -0.881. The number of allylic oxidation sites excluding steroid dienone is 1. The van der Waals surface area contributed by atoms with E-state index in [0.717, 1.165) is 57.8 Å². The fourth-order valence-corrected chi connectivity index (χ4v) is 12.4. The quantitative estimate of drug-likeness (QED) is 0.0212. The average Bonchev–Trinajstić information content (AvgIpc) is 3.64. The van der Waals surface area contributed by atoms with Gasteiger partial charge in [0.15, 0.2) is 0 Å². The molecule has 3 unspecified atom stereocenters. The molecular formula is C74H147N2O7P. The van der Waals surface area contributed by atoms with Gasteiger partial charge in [-0.1, -0.05) is 367 Å². The molecule has 0 saturated carbocycles. The molecule has 1 N–H and O–H groups in total. The van der Waals surface area contributed by atoms with Crippen LogP contribution in [0.2, 0.25) is 0 Å². The van der Waals surface area contributed by atoms with Crippen LogP contribution in [0.3, 0.4) is 0 Å². The lowest BCUT2D eigenvalue weighted by molar-refractivity contribution is -0.870. The second-order valence-corrected chi connectivity index (χ2v) is 28.6. The number of nitrogens with zero attached hydrogens (tertiary/aromatic N) is 1. The number of quaternary nitrogens is 1. The number of carbonyl (C=O) groups excluding carboxylic acids is 2. The predicted molar refractivity (Wildman–Crippen MR) is 363 cm³/mol. The van der Waals surface area contributed by atoms with Crippen molar-refractivity contribution in [1.82, 2.24) is 5.32 Å². The molecule has 0 bridgehead atoms. The topological polar surface area (TPSA) is 114 Å². The molecule has 9 nitrogen and oxygen atoms in total. The van der Waals surface area contributed by atoms with E-state index in [1.807, 2.05) is 33.3 Å². The van der Waals surface area contributed by atoms with Crippen molar-refractivity contribution in [2.24, 2.45) is 0 Å². The number of hydrogen-bond donors (Lipinski definition) is 1. The number of amides is 1. The van der Waals surface area contributed by atoms with E-state index in [1.165, 1.54) is 308 Å². The molecule has 0 heterocycles. The van der Waals surface area contributed by atoms with E-state index < -0.39 is 20.0 Å². The van der Waals surface area contributed by atoms with Crippen LogP contribution in [-0.4, -0.2) is 69.4 Å². The van der Waals surface area contributed by atoms with Gasteiger partial charge in [-0.2, -0.15) is 0 Å². The Morgan fingerprint density at radius 1 is 0.405 bits per heavy atom. The summed E-state index contributed by atoms with van der Waals surface area (Å²) in [4.78, 5) is 40.2. The van der Waals surface area contributed by atoms with Crippen LogP contribution in [0.1, 0.15) is 400 Å². The van der Waals surface area contributed by atoms with Gasteiger partial charge < -0.3 is 28.5 Å². The Labute approximate surface area is 524 Å². The van der Waals surface area contributed by atoms with Crippen molar-refractivity contribution >= 4 is 19.7 Å². The molecule has 10 heteroatoms. The minimum absolute atomic E-state index is 0.0163. The molecule has 0 aliphatic rings. The maximum Gasteiger partial charge on any atom is 0.306 e. The Hall–Kier alpha value is -1.25. The molecule has 1 amide bonds. The average molecular weight is 1210 g/mol. The zero-order chi connectivity index (χ0) is 61.4. The van der Waals surface area contributed by atoms with Crippen LogP contribution < -0.4 is 10.2 Å². The summed E-state index contributed by atoms with van der Waals surface area (Å²) in [5.41, 5.74) is 0. The maximum absolute atomic E-state index is 13.6. The SMILES string of the molecule is CCCCCCCCCCCC/C=C/C(OC(=O)CCCCCCCCCCCCCCCCCCCCCCCCCCC)C(COP(=O)([O-])OCC[N+](C)(C)C)NC(=O)CCCCCCCCCCCCCCCCCCCCCCC. The molecule has 0 aliphatic carbocycles. The largest absolute Gasteiger partial charge is 0.756 e. The Kier molecular flexibility index (Phi) is 63.8. The van der Waals surface area contributed by atoms with Gasteiger partial charge in [-0.15, -0.1) is 0 Å². The number of hydrogen-bond acceptors (Lipinski definition) is 7.